The Morgan fingerprint density at radius 2 is 2.12 bits per heavy atom. The molecule has 0 bridgehead atoms. The number of hydrogen-bond donors (Lipinski definition) is 1. The van der Waals surface area contributed by atoms with Gasteiger partial charge in [-0.15, -0.1) is 0 Å². The smallest absolute Gasteiger partial charge is 0.331 e. The van der Waals surface area contributed by atoms with Crippen LogP contribution >= 0.6 is 0 Å². The lowest BCUT2D eigenvalue weighted by Gasteiger charge is -2.26. The van der Waals surface area contributed by atoms with Gasteiger partial charge in [0.15, 0.2) is 0 Å². The van der Waals surface area contributed by atoms with E-state index in [4.69, 9.17) is 5.11 Å². The lowest BCUT2D eigenvalue weighted by molar-refractivity contribution is -0.133. The van der Waals surface area contributed by atoms with Crippen molar-refractivity contribution in [2.75, 3.05) is 0 Å². The molecule has 2 atom stereocenters. The van der Waals surface area contributed by atoms with Gasteiger partial charge in [-0.25, -0.2) is 4.79 Å². The molecule has 1 N–H and O–H groups in total. The van der Waals surface area contributed by atoms with Crippen LogP contribution in [-0.2, 0) is 4.79 Å². The van der Waals surface area contributed by atoms with Gasteiger partial charge < -0.3 is 5.11 Å². The molecule has 1 aliphatic rings. The maximum atomic E-state index is 10.8. The molecule has 0 amide bonds. The van der Waals surface area contributed by atoms with Crippen LogP contribution in [0.1, 0.15) is 59.3 Å². The maximum absolute atomic E-state index is 10.8. The van der Waals surface area contributed by atoms with Crippen LogP contribution in [0.15, 0.2) is 11.6 Å². The number of carboxylic acid groups (broad SMARTS) is 1. The van der Waals surface area contributed by atoms with Gasteiger partial charge in [0, 0.05) is 5.57 Å². The van der Waals surface area contributed by atoms with Crippen molar-refractivity contribution in [3.8, 4) is 0 Å². The number of aliphatic carboxylic acids is 1. The van der Waals surface area contributed by atoms with Crippen molar-refractivity contribution >= 4 is 5.97 Å². The molecule has 2 nitrogen and oxygen atoms in total. The molecule has 0 heterocycles. The van der Waals surface area contributed by atoms with Gasteiger partial charge >= 0.3 is 5.97 Å². The Balaban J connectivity index is 2.30. The lowest BCUT2D eigenvalue weighted by Crippen LogP contribution is -2.17. The third kappa shape index (κ3) is 4.93. The topological polar surface area (TPSA) is 37.3 Å². The molecule has 0 saturated carbocycles. The first-order valence-electron chi connectivity index (χ1n) is 6.93. The molecule has 0 saturated heterocycles. The zero-order valence-corrected chi connectivity index (χ0v) is 11.4. The van der Waals surface area contributed by atoms with Gasteiger partial charge in [-0.3, -0.25) is 0 Å². The fourth-order valence-corrected chi connectivity index (χ4v) is 2.65. The second-order valence-corrected chi connectivity index (χ2v) is 5.87. The van der Waals surface area contributed by atoms with Gasteiger partial charge in [0.2, 0.25) is 0 Å². The third-order valence-electron chi connectivity index (χ3n) is 3.97. The summed E-state index contributed by atoms with van der Waals surface area (Å²) in [5.74, 6) is 1.51. The highest BCUT2D eigenvalue weighted by atomic mass is 16.4. The largest absolute Gasteiger partial charge is 0.478 e. The predicted octanol–water partition coefficient (Wildman–Crippen LogP) is 4.26. The minimum atomic E-state index is -0.726. The maximum Gasteiger partial charge on any atom is 0.331 e. The Labute approximate surface area is 105 Å². The standard InChI is InChI=1S/C15H26O2/c1-11(2)5-4-6-12(3)13-7-9-14(10-8-13)15(16)17/h9,11-13H,4-8,10H2,1-3H3,(H,16,17). The molecule has 0 radical (unpaired) electrons. The molecule has 0 aromatic carbocycles. The van der Waals surface area contributed by atoms with Crippen molar-refractivity contribution in [1.29, 1.82) is 0 Å². The van der Waals surface area contributed by atoms with Crippen molar-refractivity contribution in [3.63, 3.8) is 0 Å². The summed E-state index contributed by atoms with van der Waals surface area (Å²) in [5.41, 5.74) is 0.621. The summed E-state index contributed by atoms with van der Waals surface area (Å²) in [7, 11) is 0. The van der Waals surface area contributed by atoms with Crippen LogP contribution in [0.25, 0.3) is 0 Å². The zero-order chi connectivity index (χ0) is 12.8. The van der Waals surface area contributed by atoms with Crippen LogP contribution in [0.2, 0.25) is 0 Å². The van der Waals surface area contributed by atoms with E-state index in [1.54, 1.807) is 0 Å². The molecule has 0 aromatic heterocycles. The molecule has 98 valence electrons. The number of carboxylic acids is 1. The van der Waals surface area contributed by atoms with Gasteiger partial charge in [-0.1, -0.05) is 46.1 Å². The normalized spacial score (nSPS) is 22.4. The lowest BCUT2D eigenvalue weighted by atomic mass is 9.79. The highest BCUT2D eigenvalue weighted by Crippen LogP contribution is 2.32. The summed E-state index contributed by atoms with van der Waals surface area (Å²) < 4.78 is 0. The van der Waals surface area contributed by atoms with Crippen molar-refractivity contribution in [2.24, 2.45) is 17.8 Å². The molecule has 17 heavy (non-hydrogen) atoms. The van der Waals surface area contributed by atoms with E-state index in [0.29, 0.717) is 11.5 Å². The van der Waals surface area contributed by atoms with E-state index in [-0.39, 0.29) is 0 Å². The van der Waals surface area contributed by atoms with Crippen molar-refractivity contribution in [3.05, 3.63) is 11.6 Å². The quantitative estimate of drug-likeness (QED) is 0.750. The molecule has 0 spiro atoms. The van der Waals surface area contributed by atoms with Gasteiger partial charge in [-0.2, -0.15) is 0 Å². The minimum Gasteiger partial charge on any atom is -0.478 e. The number of rotatable bonds is 6. The van der Waals surface area contributed by atoms with Gasteiger partial charge in [-0.05, 0) is 37.0 Å². The second kappa shape index (κ2) is 6.83. The van der Waals surface area contributed by atoms with Crippen LogP contribution in [0, 0.1) is 17.8 Å². The first kappa shape index (κ1) is 14.3. The molecule has 2 unspecified atom stereocenters. The van der Waals surface area contributed by atoms with Gasteiger partial charge in [0.25, 0.3) is 0 Å². The van der Waals surface area contributed by atoms with Gasteiger partial charge in [0.1, 0.15) is 0 Å². The van der Waals surface area contributed by atoms with Crippen LogP contribution < -0.4 is 0 Å². The minimum absolute atomic E-state index is 0.621. The molecule has 0 fully saturated rings. The van der Waals surface area contributed by atoms with Crippen molar-refractivity contribution in [1.82, 2.24) is 0 Å². The first-order chi connectivity index (χ1) is 8.00. The van der Waals surface area contributed by atoms with Crippen molar-refractivity contribution < 1.29 is 9.90 Å². The summed E-state index contributed by atoms with van der Waals surface area (Å²) in [6, 6.07) is 0. The predicted molar refractivity (Wildman–Crippen MR) is 70.9 cm³/mol. The van der Waals surface area contributed by atoms with E-state index in [9.17, 15) is 4.79 Å². The Hall–Kier alpha value is -0.790. The Bertz CT molecular complexity index is 279. The monoisotopic (exact) mass is 238 g/mol. The molecule has 1 rings (SSSR count). The first-order valence-corrected chi connectivity index (χ1v) is 6.93. The molecule has 2 heteroatoms. The highest BCUT2D eigenvalue weighted by Gasteiger charge is 2.22. The van der Waals surface area contributed by atoms with E-state index in [0.717, 1.165) is 31.1 Å². The zero-order valence-electron chi connectivity index (χ0n) is 11.4. The highest BCUT2D eigenvalue weighted by molar-refractivity contribution is 5.86. The summed E-state index contributed by atoms with van der Waals surface area (Å²) in [4.78, 5) is 10.8. The van der Waals surface area contributed by atoms with Crippen molar-refractivity contribution in [2.45, 2.75) is 59.3 Å². The second-order valence-electron chi connectivity index (χ2n) is 5.87. The average molecular weight is 238 g/mol. The third-order valence-corrected chi connectivity index (χ3v) is 3.97. The molecular weight excluding hydrogens is 212 g/mol. The van der Waals surface area contributed by atoms with E-state index in [2.05, 4.69) is 20.8 Å². The Kier molecular flexibility index (Phi) is 5.73. The summed E-state index contributed by atoms with van der Waals surface area (Å²) in [5, 5.41) is 8.90. The fourth-order valence-electron chi connectivity index (χ4n) is 2.65. The van der Waals surface area contributed by atoms with E-state index in [1.807, 2.05) is 6.08 Å². The number of carbonyl (C=O) groups is 1. The molecule has 1 aliphatic carbocycles. The van der Waals surface area contributed by atoms with Gasteiger partial charge in [0.05, 0.1) is 0 Å². The summed E-state index contributed by atoms with van der Waals surface area (Å²) in [6.45, 7) is 6.87. The summed E-state index contributed by atoms with van der Waals surface area (Å²) >= 11 is 0. The average Bonchev–Trinajstić information content (AvgIpc) is 2.28. The van der Waals surface area contributed by atoms with Crippen LogP contribution in [0.3, 0.4) is 0 Å². The Morgan fingerprint density at radius 1 is 1.41 bits per heavy atom. The Morgan fingerprint density at radius 3 is 2.59 bits per heavy atom. The van der Waals surface area contributed by atoms with E-state index < -0.39 is 5.97 Å². The molecule has 0 aromatic rings. The number of allylic oxidation sites excluding steroid dienone is 1. The van der Waals surface area contributed by atoms with Crippen LogP contribution in [0.5, 0.6) is 0 Å². The molecular formula is C15H26O2. The number of hydrogen-bond acceptors (Lipinski definition) is 1. The van der Waals surface area contributed by atoms with Crippen LogP contribution in [-0.4, -0.2) is 11.1 Å². The SMILES string of the molecule is CC(C)CCCC(C)C1CC=C(C(=O)O)CC1. The van der Waals surface area contributed by atoms with Crippen LogP contribution in [0.4, 0.5) is 0 Å². The van der Waals surface area contributed by atoms with E-state index in [1.165, 1.54) is 19.3 Å². The molecule has 0 aliphatic heterocycles. The summed E-state index contributed by atoms with van der Waals surface area (Å²) in [6.07, 6.45) is 8.63. The fraction of sp³-hybridized carbons (Fsp3) is 0.800. The van der Waals surface area contributed by atoms with E-state index >= 15 is 0 Å².